The number of carbonyl (C=O) groups is 2. The maximum atomic E-state index is 11.8. The van der Waals surface area contributed by atoms with Crippen LogP contribution in [0.1, 0.15) is 46.4 Å². The van der Waals surface area contributed by atoms with Gasteiger partial charge >= 0.3 is 12.1 Å². The maximum absolute atomic E-state index is 11.8. The predicted molar refractivity (Wildman–Crippen MR) is 92.5 cm³/mol. The number of alkyl carbamates (subject to hydrolysis) is 1. The monoisotopic (exact) mass is 453 g/mol. The summed E-state index contributed by atoms with van der Waals surface area (Å²) in [6.45, 7) is 9.07. The molecule has 0 saturated carbocycles. The predicted octanol–water partition coefficient (Wildman–Crippen LogP) is 3.51. The molecule has 1 aromatic heterocycles. The van der Waals surface area contributed by atoms with Crippen LogP contribution in [0.3, 0.4) is 0 Å². The molecule has 1 aromatic rings. The minimum Gasteiger partial charge on any atom is -0.480 e. The first-order chi connectivity index (χ1) is 10.4. The van der Waals surface area contributed by atoms with Crippen LogP contribution >= 0.6 is 31.9 Å². The number of carbonyl (C=O) groups excluding carboxylic acids is 1. The second kappa shape index (κ2) is 7.65. The standard InChI is InChI=1S/C14H21Br2N3O4/c1-7(2)11-18-9(15)10(16)19(11)6-8(12(20)21)17-13(22)23-14(3,4)5/h7-8H,6H2,1-5H3,(H,17,22)(H,20,21). The molecule has 0 aromatic carbocycles. The number of aromatic nitrogens is 2. The fourth-order valence-electron chi connectivity index (χ4n) is 1.85. The summed E-state index contributed by atoms with van der Waals surface area (Å²) in [7, 11) is 0. The highest BCUT2D eigenvalue weighted by Crippen LogP contribution is 2.28. The van der Waals surface area contributed by atoms with E-state index in [4.69, 9.17) is 4.74 Å². The van der Waals surface area contributed by atoms with Crippen LogP contribution in [0, 0.1) is 0 Å². The Morgan fingerprint density at radius 1 is 1.35 bits per heavy atom. The number of halogens is 2. The summed E-state index contributed by atoms with van der Waals surface area (Å²) in [4.78, 5) is 27.7. The van der Waals surface area contributed by atoms with Crippen LogP contribution in [0.15, 0.2) is 9.21 Å². The molecule has 9 heteroatoms. The first-order valence-corrected chi connectivity index (χ1v) is 8.64. The van der Waals surface area contributed by atoms with Crippen LogP contribution in [0.5, 0.6) is 0 Å². The summed E-state index contributed by atoms with van der Waals surface area (Å²) in [5.74, 6) is -0.350. The lowest BCUT2D eigenvalue weighted by molar-refractivity contribution is -0.139. The van der Waals surface area contributed by atoms with Crippen LogP contribution in [-0.2, 0) is 16.1 Å². The second-order valence-corrected chi connectivity index (χ2v) is 7.86. The zero-order chi connectivity index (χ0) is 17.9. The van der Waals surface area contributed by atoms with Gasteiger partial charge in [-0.15, -0.1) is 0 Å². The molecule has 1 heterocycles. The van der Waals surface area contributed by atoms with Crippen molar-refractivity contribution in [1.29, 1.82) is 0 Å². The van der Waals surface area contributed by atoms with Crippen molar-refractivity contribution in [1.82, 2.24) is 14.9 Å². The van der Waals surface area contributed by atoms with Gasteiger partial charge in [-0.2, -0.15) is 0 Å². The van der Waals surface area contributed by atoms with Crippen molar-refractivity contribution in [3.8, 4) is 0 Å². The zero-order valence-corrected chi connectivity index (χ0v) is 16.9. The Morgan fingerprint density at radius 2 is 1.91 bits per heavy atom. The molecule has 1 amide bonds. The minimum atomic E-state index is -1.15. The van der Waals surface area contributed by atoms with Gasteiger partial charge in [-0.3, -0.25) is 0 Å². The van der Waals surface area contributed by atoms with Crippen molar-refractivity contribution in [2.24, 2.45) is 0 Å². The lowest BCUT2D eigenvalue weighted by Gasteiger charge is -2.23. The van der Waals surface area contributed by atoms with E-state index in [1.165, 1.54) is 0 Å². The molecule has 23 heavy (non-hydrogen) atoms. The van der Waals surface area contributed by atoms with E-state index in [9.17, 15) is 14.7 Å². The normalized spacial score (nSPS) is 13.0. The molecule has 0 radical (unpaired) electrons. The highest BCUT2D eigenvalue weighted by molar-refractivity contribution is 9.13. The lowest BCUT2D eigenvalue weighted by Crippen LogP contribution is -2.46. The van der Waals surface area contributed by atoms with Crippen molar-refractivity contribution in [2.45, 2.75) is 58.7 Å². The Bertz CT molecular complexity index is 594. The molecule has 1 unspecified atom stereocenters. The number of nitrogens with one attached hydrogen (secondary N) is 1. The molecule has 1 atom stereocenters. The van der Waals surface area contributed by atoms with Gasteiger partial charge < -0.3 is 19.7 Å². The Balaban J connectivity index is 2.98. The van der Waals surface area contributed by atoms with E-state index in [1.807, 2.05) is 13.8 Å². The third kappa shape index (κ3) is 5.80. The minimum absolute atomic E-state index is 0.0290. The number of rotatable bonds is 5. The third-order valence-corrected chi connectivity index (χ3v) is 4.66. The van der Waals surface area contributed by atoms with E-state index >= 15 is 0 Å². The van der Waals surface area contributed by atoms with Crippen molar-refractivity contribution in [3.63, 3.8) is 0 Å². The number of nitrogens with zero attached hydrogens (tertiary/aromatic N) is 2. The van der Waals surface area contributed by atoms with Gasteiger partial charge in [0.05, 0.1) is 6.54 Å². The van der Waals surface area contributed by atoms with E-state index in [-0.39, 0.29) is 12.5 Å². The van der Waals surface area contributed by atoms with Crippen molar-refractivity contribution >= 4 is 43.9 Å². The van der Waals surface area contributed by atoms with E-state index in [0.717, 1.165) is 0 Å². The van der Waals surface area contributed by atoms with Gasteiger partial charge in [0.2, 0.25) is 0 Å². The van der Waals surface area contributed by atoms with E-state index in [2.05, 4.69) is 42.2 Å². The maximum Gasteiger partial charge on any atom is 0.408 e. The van der Waals surface area contributed by atoms with Crippen LogP contribution in [0.25, 0.3) is 0 Å². The van der Waals surface area contributed by atoms with Crippen LogP contribution in [0.4, 0.5) is 4.79 Å². The molecule has 0 bridgehead atoms. The number of ether oxygens (including phenoxy) is 1. The van der Waals surface area contributed by atoms with Gasteiger partial charge in [0.15, 0.2) is 0 Å². The molecule has 0 fully saturated rings. The third-order valence-electron chi connectivity index (χ3n) is 2.77. The number of imidazole rings is 1. The highest BCUT2D eigenvalue weighted by atomic mass is 79.9. The number of hydrogen-bond acceptors (Lipinski definition) is 4. The van der Waals surface area contributed by atoms with Crippen molar-refractivity contribution in [2.75, 3.05) is 0 Å². The molecule has 0 aliphatic carbocycles. The Hall–Kier alpha value is -1.09. The Morgan fingerprint density at radius 3 is 2.35 bits per heavy atom. The molecular formula is C14H21Br2N3O4. The fourth-order valence-corrected chi connectivity index (χ4v) is 2.66. The van der Waals surface area contributed by atoms with Crippen molar-refractivity contribution in [3.05, 3.63) is 15.0 Å². The number of carboxylic acids is 1. The number of hydrogen-bond donors (Lipinski definition) is 2. The molecule has 130 valence electrons. The number of carboxylic acid groups (broad SMARTS) is 1. The topological polar surface area (TPSA) is 93.5 Å². The van der Waals surface area contributed by atoms with Gasteiger partial charge in [0.1, 0.15) is 26.7 Å². The lowest BCUT2D eigenvalue weighted by atomic mass is 10.2. The molecular weight excluding hydrogens is 434 g/mol. The summed E-state index contributed by atoms with van der Waals surface area (Å²) in [5.41, 5.74) is -0.700. The summed E-state index contributed by atoms with van der Waals surface area (Å²) in [6.07, 6.45) is -0.772. The number of aliphatic carboxylic acids is 1. The van der Waals surface area contributed by atoms with E-state index in [0.29, 0.717) is 15.0 Å². The van der Waals surface area contributed by atoms with Gasteiger partial charge in [-0.05, 0) is 52.6 Å². The summed E-state index contributed by atoms with van der Waals surface area (Å²) >= 11 is 6.69. The van der Waals surface area contributed by atoms with Gasteiger partial charge in [-0.25, -0.2) is 14.6 Å². The van der Waals surface area contributed by atoms with Crippen molar-refractivity contribution < 1.29 is 19.4 Å². The first kappa shape index (κ1) is 20.0. The van der Waals surface area contributed by atoms with Crippen LogP contribution < -0.4 is 5.32 Å². The average molecular weight is 455 g/mol. The summed E-state index contributed by atoms with van der Waals surface area (Å²) in [6, 6.07) is -1.14. The fraction of sp³-hybridized carbons (Fsp3) is 0.643. The largest absolute Gasteiger partial charge is 0.480 e. The van der Waals surface area contributed by atoms with E-state index in [1.54, 1.807) is 25.3 Å². The Labute approximate surface area is 152 Å². The SMILES string of the molecule is CC(C)c1nc(Br)c(Br)n1CC(NC(=O)OC(C)(C)C)C(=O)O. The van der Waals surface area contributed by atoms with Gasteiger partial charge in [-0.1, -0.05) is 13.8 Å². The molecule has 0 saturated heterocycles. The molecule has 1 rings (SSSR count). The zero-order valence-electron chi connectivity index (χ0n) is 13.7. The molecule has 2 N–H and O–H groups in total. The summed E-state index contributed by atoms with van der Waals surface area (Å²) < 4.78 is 8.03. The number of amides is 1. The van der Waals surface area contributed by atoms with Crippen LogP contribution in [0.2, 0.25) is 0 Å². The first-order valence-electron chi connectivity index (χ1n) is 7.06. The van der Waals surface area contributed by atoms with Gasteiger partial charge in [0, 0.05) is 5.92 Å². The molecule has 0 aliphatic heterocycles. The van der Waals surface area contributed by atoms with Crippen LogP contribution in [-0.4, -0.2) is 38.4 Å². The Kier molecular flexibility index (Phi) is 6.64. The molecule has 0 spiro atoms. The van der Waals surface area contributed by atoms with Gasteiger partial charge in [0.25, 0.3) is 0 Å². The molecule has 7 nitrogen and oxygen atoms in total. The highest BCUT2D eigenvalue weighted by Gasteiger charge is 2.27. The average Bonchev–Trinajstić information content (AvgIpc) is 2.63. The van der Waals surface area contributed by atoms with E-state index < -0.39 is 23.7 Å². The smallest absolute Gasteiger partial charge is 0.408 e. The quantitative estimate of drug-likeness (QED) is 0.709. The molecule has 0 aliphatic rings. The second-order valence-electron chi connectivity index (χ2n) is 6.35. The summed E-state index contributed by atoms with van der Waals surface area (Å²) in [5, 5.41) is 11.8.